The standard InChI is InChI=1S/C32H20N4/c1-3-7-23-17-25(11-9-21(23)5-1)31-27-19-33-15-13-29(27)36-32(28-20-34-16-14-30(28)35-31)26-12-10-22-6-2-4-8-24(22)18-26/h1-20H. The van der Waals surface area contributed by atoms with Gasteiger partial charge in [0.15, 0.2) is 0 Å². The van der Waals surface area contributed by atoms with Crippen LogP contribution in [0.25, 0.3) is 21.5 Å². The molecule has 2 aromatic heterocycles. The quantitative estimate of drug-likeness (QED) is 0.269. The number of hydrogen-bond acceptors (Lipinski definition) is 4. The van der Waals surface area contributed by atoms with Crippen LogP contribution in [0.15, 0.2) is 132 Å². The number of aliphatic imine (C=N–C) groups is 2. The monoisotopic (exact) mass is 460 g/mol. The highest BCUT2D eigenvalue weighted by Crippen LogP contribution is 2.33. The van der Waals surface area contributed by atoms with Crippen LogP contribution in [-0.2, 0) is 0 Å². The van der Waals surface area contributed by atoms with E-state index < -0.39 is 0 Å². The second kappa shape index (κ2) is 8.36. The average molecular weight is 461 g/mol. The lowest BCUT2D eigenvalue weighted by Crippen LogP contribution is -2.11. The highest BCUT2D eigenvalue weighted by atomic mass is 14.9. The first kappa shape index (κ1) is 20.4. The molecule has 0 saturated heterocycles. The molecule has 4 aromatic carbocycles. The molecule has 36 heavy (non-hydrogen) atoms. The number of rotatable bonds is 2. The zero-order valence-corrected chi connectivity index (χ0v) is 19.3. The van der Waals surface area contributed by atoms with Gasteiger partial charge in [0, 0.05) is 47.0 Å². The van der Waals surface area contributed by atoms with Gasteiger partial charge in [0.2, 0.25) is 0 Å². The van der Waals surface area contributed by atoms with Crippen molar-refractivity contribution in [3.8, 4) is 0 Å². The molecule has 0 saturated carbocycles. The molecule has 168 valence electrons. The average Bonchev–Trinajstić information content (AvgIpc) is 2.94. The molecule has 4 heteroatoms. The van der Waals surface area contributed by atoms with Crippen molar-refractivity contribution < 1.29 is 0 Å². The largest absolute Gasteiger partial charge is 0.264 e. The summed E-state index contributed by atoms with van der Waals surface area (Å²) in [7, 11) is 0. The molecule has 0 N–H and O–H groups in total. The summed E-state index contributed by atoms with van der Waals surface area (Å²) in [6, 6.07) is 33.5. The van der Waals surface area contributed by atoms with Crippen LogP contribution in [0.3, 0.4) is 0 Å². The van der Waals surface area contributed by atoms with Crippen LogP contribution in [0.2, 0.25) is 0 Å². The minimum Gasteiger partial charge on any atom is -0.264 e. The fourth-order valence-corrected chi connectivity index (χ4v) is 4.81. The molecule has 0 fully saturated rings. The van der Waals surface area contributed by atoms with Crippen molar-refractivity contribution in [1.29, 1.82) is 0 Å². The Morgan fingerprint density at radius 2 is 0.861 bits per heavy atom. The summed E-state index contributed by atoms with van der Waals surface area (Å²) < 4.78 is 0. The van der Waals surface area contributed by atoms with E-state index in [0.29, 0.717) is 0 Å². The van der Waals surface area contributed by atoms with Crippen LogP contribution in [0.1, 0.15) is 22.3 Å². The fraction of sp³-hybridized carbons (Fsp3) is 0. The molecule has 0 atom stereocenters. The highest BCUT2D eigenvalue weighted by Gasteiger charge is 2.20. The number of nitrogens with zero attached hydrogens (tertiary/aromatic N) is 4. The maximum atomic E-state index is 5.21. The molecule has 1 aliphatic heterocycles. The lowest BCUT2D eigenvalue weighted by atomic mass is 9.95. The number of aromatic nitrogens is 2. The normalized spacial score (nSPS) is 12.8. The van der Waals surface area contributed by atoms with Crippen LogP contribution in [0.4, 0.5) is 11.4 Å². The first-order valence-corrected chi connectivity index (χ1v) is 11.9. The van der Waals surface area contributed by atoms with Gasteiger partial charge in [-0.1, -0.05) is 72.8 Å². The van der Waals surface area contributed by atoms with Crippen molar-refractivity contribution in [2.45, 2.75) is 0 Å². The van der Waals surface area contributed by atoms with Gasteiger partial charge in [-0.2, -0.15) is 0 Å². The van der Waals surface area contributed by atoms with Crippen LogP contribution >= 0.6 is 0 Å². The molecule has 3 heterocycles. The van der Waals surface area contributed by atoms with E-state index in [1.165, 1.54) is 21.5 Å². The van der Waals surface area contributed by atoms with Crippen molar-refractivity contribution in [3.05, 3.63) is 144 Å². The second-order valence-electron chi connectivity index (χ2n) is 8.83. The third-order valence-corrected chi connectivity index (χ3v) is 6.62. The zero-order chi connectivity index (χ0) is 23.9. The Labute approximate surface area is 208 Å². The number of fused-ring (bicyclic) bond motifs is 4. The molecule has 0 amide bonds. The number of benzene rings is 4. The Morgan fingerprint density at radius 1 is 0.417 bits per heavy atom. The van der Waals surface area contributed by atoms with Gasteiger partial charge < -0.3 is 0 Å². The van der Waals surface area contributed by atoms with Crippen molar-refractivity contribution in [2.75, 3.05) is 0 Å². The van der Waals surface area contributed by atoms with E-state index in [1.807, 2.05) is 24.5 Å². The van der Waals surface area contributed by atoms with E-state index in [1.54, 1.807) is 12.4 Å². The Kier molecular flexibility index (Phi) is 4.74. The Morgan fingerprint density at radius 3 is 1.33 bits per heavy atom. The molecule has 0 unspecified atom stereocenters. The molecule has 4 nitrogen and oxygen atoms in total. The number of pyridine rings is 2. The highest BCUT2D eigenvalue weighted by molar-refractivity contribution is 6.23. The van der Waals surface area contributed by atoms with Gasteiger partial charge in [-0.15, -0.1) is 0 Å². The van der Waals surface area contributed by atoms with Gasteiger partial charge in [0.1, 0.15) is 0 Å². The molecular weight excluding hydrogens is 440 g/mol. The van der Waals surface area contributed by atoms with E-state index in [4.69, 9.17) is 9.98 Å². The van der Waals surface area contributed by atoms with Crippen molar-refractivity contribution in [3.63, 3.8) is 0 Å². The predicted octanol–water partition coefficient (Wildman–Crippen LogP) is 7.43. The van der Waals surface area contributed by atoms with Crippen molar-refractivity contribution >= 4 is 44.3 Å². The van der Waals surface area contributed by atoms with E-state index in [-0.39, 0.29) is 0 Å². The molecule has 0 aliphatic carbocycles. The van der Waals surface area contributed by atoms with Crippen molar-refractivity contribution in [2.24, 2.45) is 9.98 Å². The van der Waals surface area contributed by atoms with E-state index in [0.717, 1.165) is 45.1 Å². The van der Waals surface area contributed by atoms with Gasteiger partial charge in [0.05, 0.1) is 22.8 Å². The third-order valence-electron chi connectivity index (χ3n) is 6.62. The van der Waals surface area contributed by atoms with E-state index in [2.05, 4.69) is 94.9 Å². The first-order chi connectivity index (χ1) is 17.8. The lowest BCUT2D eigenvalue weighted by Gasteiger charge is -2.18. The Bertz CT molecular complexity index is 1710. The smallest absolute Gasteiger partial charge is 0.0819 e. The lowest BCUT2D eigenvalue weighted by molar-refractivity contribution is 1.26. The van der Waals surface area contributed by atoms with Gasteiger partial charge in [-0.25, -0.2) is 9.98 Å². The summed E-state index contributed by atoms with van der Waals surface area (Å²) >= 11 is 0. The fourth-order valence-electron chi connectivity index (χ4n) is 4.81. The van der Waals surface area contributed by atoms with Crippen LogP contribution in [0.5, 0.6) is 0 Å². The SMILES string of the molecule is c1ccc2cc(C3=Nc4ccncc4C(c4ccc5ccccc5c4)=Nc4ccncc43)ccc2c1. The Balaban J connectivity index is 1.48. The zero-order valence-electron chi connectivity index (χ0n) is 19.3. The van der Waals surface area contributed by atoms with E-state index in [9.17, 15) is 0 Å². The summed E-state index contributed by atoms with van der Waals surface area (Å²) in [6.45, 7) is 0. The van der Waals surface area contributed by atoms with Gasteiger partial charge >= 0.3 is 0 Å². The summed E-state index contributed by atoms with van der Waals surface area (Å²) in [5, 5.41) is 4.72. The minimum atomic E-state index is 0.828. The molecule has 0 spiro atoms. The van der Waals surface area contributed by atoms with Gasteiger partial charge in [-0.3, -0.25) is 9.97 Å². The van der Waals surface area contributed by atoms with Crippen LogP contribution in [-0.4, -0.2) is 21.4 Å². The molecule has 6 aromatic rings. The summed E-state index contributed by atoms with van der Waals surface area (Å²) in [5.41, 5.74) is 7.19. The third kappa shape index (κ3) is 3.48. The molecule has 1 aliphatic rings. The first-order valence-electron chi connectivity index (χ1n) is 11.9. The molecule has 7 rings (SSSR count). The van der Waals surface area contributed by atoms with Gasteiger partial charge in [-0.05, 0) is 45.8 Å². The van der Waals surface area contributed by atoms with Crippen LogP contribution < -0.4 is 0 Å². The maximum absolute atomic E-state index is 5.21. The van der Waals surface area contributed by atoms with E-state index >= 15 is 0 Å². The summed E-state index contributed by atoms with van der Waals surface area (Å²) in [6.07, 6.45) is 7.28. The Hall–Kier alpha value is -4.96. The van der Waals surface area contributed by atoms with Crippen molar-refractivity contribution in [1.82, 2.24) is 9.97 Å². The molecule has 0 bridgehead atoms. The molecule has 0 radical (unpaired) electrons. The predicted molar refractivity (Wildman–Crippen MR) is 147 cm³/mol. The molecular formula is C32H20N4. The summed E-state index contributed by atoms with van der Waals surface area (Å²) in [4.78, 5) is 19.3. The second-order valence-corrected chi connectivity index (χ2v) is 8.83. The minimum absolute atomic E-state index is 0.828. The topological polar surface area (TPSA) is 50.5 Å². The van der Waals surface area contributed by atoms with Crippen LogP contribution in [0, 0.1) is 0 Å². The van der Waals surface area contributed by atoms with Gasteiger partial charge in [0.25, 0.3) is 0 Å². The number of hydrogen-bond donors (Lipinski definition) is 0. The summed E-state index contributed by atoms with van der Waals surface area (Å²) in [5.74, 6) is 0. The maximum Gasteiger partial charge on any atom is 0.0819 e.